The van der Waals surface area contributed by atoms with Gasteiger partial charge < -0.3 is 15.0 Å². The molecule has 3 amide bonds. The predicted molar refractivity (Wildman–Crippen MR) is 128 cm³/mol. The second-order valence-corrected chi connectivity index (χ2v) is 9.88. The molecule has 8 heteroatoms. The zero-order valence-electron chi connectivity index (χ0n) is 18.4. The number of carbonyl (C=O) groups excluding carboxylic acids is 2. The van der Waals surface area contributed by atoms with Crippen molar-refractivity contribution in [2.24, 2.45) is 0 Å². The van der Waals surface area contributed by atoms with Gasteiger partial charge in [-0.2, -0.15) is 0 Å². The van der Waals surface area contributed by atoms with E-state index in [1.54, 1.807) is 12.1 Å². The lowest BCUT2D eigenvalue weighted by atomic mass is 9.84. The van der Waals surface area contributed by atoms with Gasteiger partial charge in [-0.25, -0.2) is 4.79 Å². The highest BCUT2D eigenvalue weighted by Crippen LogP contribution is 2.45. The first-order valence-electron chi connectivity index (χ1n) is 11.5. The van der Waals surface area contributed by atoms with Crippen molar-refractivity contribution in [2.45, 2.75) is 37.1 Å². The molecule has 2 fully saturated rings. The number of piperidine rings is 1. The van der Waals surface area contributed by atoms with Gasteiger partial charge in [0, 0.05) is 23.6 Å². The number of rotatable bonds is 5. The fourth-order valence-electron chi connectivity index (χ4n) is 5.31. The summed E-state index contributed by atoms with van der Waals surface area (Å²) < 4.78 is 5.70. The topological polar surface area (TPSA) is 61.9 Å². The van der Waals surface area contributed by atoms with Gasteiger partial charge in [0.05, 0.1) is 11.6 Å². The van der Waals surface area contributed by atoms with Crippen molar-refractivity contribution in [3.05, 3.63) is 63.6 Å². The predicted octanol–water partition coefficient (Wildman–Crippen LogP) is 4.79. The van der Waals surface area contributed by atoms with E-state index in [1.807, 2.05) is 0 Å². The van der Waals surface area contributed by atoms with E-state index >= 15 is 0 Å². The summed E-state index contributed by atoms with van der Waals surface area (Å²) in [6, 6.07) is 13.6. The Balaban J connectivity index is 1.20. The van der Waals surface area contributed by atoms with Gasteiger partial charge in [-0.3, -0.25) is 9.69 Å². The first-order valence-corrected chi connectivity index (χ1v) is 12.3. The minimum Gasteiger partial charge on any atom is -0.492 e. The van der Waals surface area contributed by atoms with Gasteiger partial charge in [-0.05, 0) is 62.5 Å². The molecule has 0 radical (unpaired) electrons. The van der Waals surface area contributed by atoms with Crippen LogP contribution in [-0.2, 0) is 10.3 Å². The molecule has 1 atom stereocenters. The molecule has 3 heterocycles. The number of ether oxygens (including phenoxy) is 1. The molecule has 0 saturated carbocycles. The SMILES string of the molecule is O=C1NC2(CCOc3c(Cl)cc(Cl)cc32)C(=O)N1CCCN1CCC(c2ccccc2)CC1. The minimum absolute atomic E-state index is 0.252. The lowest BCUT2D eigenvalue weighted by molar-refractivity contribution is -0.132. The van der Waals surface area contributed by atoms with Crippen molar-refractivity contribution >= 4 is 35.1 Å². The number of hydrogen-bond acceptors (Lipinski definition) is 4. The average Bonchev–Trinajstić information content (AvgIpc) is 3.05. The Morgan fingerprint density at radius 2 is 1.82 bits per heavy atom. The third-order valence-corrected chi connectivity index (χ3v) is 7.58. The molecule has 5 rings (SSSR count). The molecular weight excluding hydrogens is 461 g/mol. The van der Waals surface area contributed by atoms with Crippen LogP contribution in [0.1, 0.15) is 42.7 Å². The van der Waals surface area contributed by atoms with Crippen LogP contribution in [0, 0.1) is 0 Å². The summed E-state index contributed by atoms with van der Waals surface area (Å²) >= 11 is 12.5. The number of carbonyl (C=O) groups is 2. The minimum atomic E-state index is -1.16. The standard InChI is InChI=1S/C25H27Cl2N3O3/c26-19-15-20-22(21(27)16-19)33-14-9-25(20)23(31)30(24(32)28-25)11-4-10-29-12-7-18(8-13-29)17-5-2-1-3-6-17/h1-3,5-6,15-16,18H,4,7-14H2,(H,28,32). The highest BCUT2D eigenvalue weighted by atomic mass is 35.5. The van der Waals surface area contributed by atoms with Gasteiger partial charge in [0.15, 0.2) is 5.54 Å². The van der Waals surface area contributed by atoms with Crippen LogP contribution >= 0.6 is 23.2 Å². The van der Waals surface area contributed by atoms with Gasteiger partial charge in [0.2, 0.25) is 0 Å². The number of imide groups is 1. The molecule has 3 aliphatic rings. The van der Waals surface area contributed by atoms with Crippen molar-refractivity contribution in [3.63, 3.8) is 0 Å². The van der Waals surface area contributed by atoms with E-state index < -0.39 is 5.54 Å². The maximum Gasteiger partial charge on any atom is 0.325 e. The summed E-state index contributed by atoms with van der Waals surface area (Å²) in [6.07, 6.45) is 3.36. The number of halogens is 2. The molecule has 0 aromatic heterocycles. The van der Waals surface area contributed by atoms with E-state index in [0.29, 0.717) is 46.8 Å². The van der Waals surface area contributed by atoms with Gasteiger partial charge in [0.25, 0.3) is 5.91 Å². The molecule has 2 aromatic carbocycles. The Kier molecular flexibility index (Phi) is 6.25. The van der Waals surface area contributed by atoms with E-state index in [2.05, 4.69) is 40.5 Å². The lowest BCUT2D eigenvalue weighted by Crippen LogP contribution is -2.47. The highest BCUT2D eigenvalue weighted by molar-refractivity contribution is 6.36. The first kappa shape index (κ1) is 22.5. The van der Waals surface area contributed by atoms with Crippen LogP contribution in [0.4, 0.5) is 4.79 Å². The molecule has 3 aliphatic heterocycles. The smallest absolute Gasteiger partial charge is 0.325 e. The van der Waals surface area contributed by atoms with Crippen LogP contribution in [0.2, 0.25) is 10.0 Å². The Morgan fingerprint density at radius 3 is 2.58 bits per heavy atom. The normalized spacial score (nSPS) is 23.5. The van der Waals surface area contributed by atoms with Crippen LogP contribution < -0.4 is 10.1 Å². The number of benzene rings is 2. The number of nitrogens with one attached hydrogen (secondary N) is 1. The number of urea groups is 1. The van der Waals surface area contributed by atoms with Gasteiger partial charge >= 0.3 is 6.03 Å². The zero-order valence-corrected chi connectivity index (χ0v) is 19.9. The maximum atomic E-state index is 13.4. The van der Waals surface area contributed by atoms with E-state index in [9.17, 15) is 9.59 Å². The molecule has 6 nitrogen and oxygen atoms in total. The summed E-state index contributed by atoms with van der Waals surface area (Å²) in [5.74, 6) is 0.780. The lowest BCUT2D eigenvalue weighted by Gasteiger charge is -2.34. The van der Waals surface area contributed by atoms with E-state index in [1.165, 1.54) is 10.5 Å². The number of likely N-dealkylation sites (tertiary alicyclic amines) is 1. The summed E-state index contributed by atoms with van der Waals surface area (Å²) in [5, 5.41) is 3.67. The number of nitrogens with zero attached hydrogens (tertiary/aromatic N) is 2. The fourth-order valence-corrected chi connectivity index (χ4v) is 5.86. The molecular formula is C25H27Cl2N3O3. The van der Waals surface area contributed by atoms with Gasteiger partial charge in [0.1, 0.15) is 5.75 Å². The third-order valence-electron chi connectivity index (χ3n) is 7.08. The van der Waals surface area contributed by atoms with Crippen molar-refractivity contribution in [3.8, 4) is 5.75 Å². The number of hydrogen-bond donors (Lipinski definition) is 1. The third kappa shape index (κ3) is 4.20. The number of fused-ring (bicyclic) bond motifs is 2. The molecule has 2 aromatic rings. The molecule has 1 spiro atoms. The van der Waals surface area contributed by atoms with E-state index in [4.69, 9.17) is 27.9 Å². The Morgan fingerprint density at radius 1 is 1.06 bits per heavy atom. The highest BCUT2D eigenvalue weighted by Gasteiger charge is 2.55. The molecule has 174 valence electrons. The summed E-state index contributed by atoms with van der Waals surface area (Å²) in [6.45, 7) is 3.61. The molecule has 0 bridgehead atoms. The van der Waals surface area contributed by atoms with Crippen molar-refractivity contribution in [1.82, 2.24) is 15.1 Å². The van der Waals surface area contributed by atoms with Gasteiger partial charge in [-0.15, -0.1) is 0 Å². The zero-order chi connectivity index (χ0) is 23.0. The summed E-state index contributed by atoms with van der Waals surface area (Å²) in [5.41, 5.74) is 0.793. The fraction of sp³-hybridized carbons (Fsp3) is 0.440. The molecule has 1 N–H and O–H groups in total. The van der Waals surface area contributed by atoms with Crippen LogP contribution in [0.3, 0.4) is 0 Å². The molecule has 33 heavy (non-hydrogen) atoms. The van der Waals surface area contributed by atoms with Crippen LogP contribution in [0.5, 0.6) is 5.75 Å². The molecule has 1 unspecified atom stereocenters. The monoisotopic (exact) mass is 487 g/mol. The van der Waals surface area contributed by atoms with Crippen LogP contribution in [0.15, 0.2) is 42.5 Å². The second-order valence-electron chi connectivity index (χ2n) is 9.04. The molecule has 0 aliphatic carbocycles. The Hall–Kier alpha value is -2.28. The van der Waals surface area contributed by atoms with Crippen molar-refractivity contribution < 1.29 is 14.3 Å². The Labute approximate surface area is 203 Å². The quantitative estimate of drug-likeness (QED) is 0.615. The maximum absolute atomic E-state index is 13.4. The van der Waals surface area contributed by atoms with Crippen LogP contribution in [0.25, 0.3) is 0 Å². The largest absolute Gasteiger partial charge is 0.492 e. The van der Waals surface area contributed by atoms with Gasteiger partial charge in [-0.1, -0.05) is 53.5 Å². The van der Waals surface area contributed by atoms with Crippen molar-refractivity contribution in [1.29, 1.82) is 0 Å². The van der Waals surface area contributed by atoms with E-state index in [-0.39, 0.29) is 11.9 Å². The van der Waals surface area contributed by atoms with E-state index in [0.717, 1.165) is 38.9 Å². The van der Waals surface area contributed by atoms with Crippen molar-refractivity contribution in [2.75, 3.05) is 32.8 Å². The summed E-state index contributed by atoms with van der Waals surface area (Å²) in [7, 11) is 0. The summed E-state index contributed by atoms with van der Waals surface area (Å²) in [4.78, 5) is 30.0. The number of amides is 3. The average molecular weight is 488 g/mol. The first-order chi connectivity index (χ1) is 16.0. The second kappa shape index (κ2) is 9.16. The molecule has 2 saturated heterocycles. The Bertz CT molecular complexity index is 1060. The van der Waals surface area contributed by atoms with Crippen LogP contribution in [-0.4, -0.2) is 54.5 Å².